The van der Waals surface area contributed by atoms with Crippen molar-refractivity contribution in [1.82, 2.24) is 5.32 Å². The van der Waals surface area contributed by atoms with E-state index in [1.807, 2.05) is 24.3 Å². The lowest BCUT2D eigenvalue weighted by Crippen LogP contribution is -2.30. The summed E-state index contributed by atoms with van der Waals surface area (Å²) < 4.78 is 6.04. The maximum atomic E-state index is 6.04. The molecule has 1 aromatic carbocycles. The van der Waals surface area contributed by atoms with E-state index in [0.717, 1.165) is 31.7 Å². The summed E-state index contributed by atoms with van der Waals surface area (Å²) in [6.07, 6.45) is 4.01. The first-order valence-electron chi connectivity index (χ1n) is 6.38. The Hall–Kier alpha value is -1.28. The van der Waals surface area contributed by atoms with Crippen LogP contribution in [0.1, 0.15) is 25.8 Å². The van der Waals surface area contributed by atoms with Crippen molar-refractivity contribution in [2.45, 2.75) is 32.8 Å². The predicted molar refractivity (Wildman–Crippen MR) is 73.6 cm³/mol. The molecule has 0 spiro atoms. The molecule has 1 N–H and O–H groups in total. The van der Waals surface area contributed by atoms with Crippen LogP contribution in [0.5, 0.6) is 5.75 Å². The molecule has 0 amide bonds. The van der Waals surface area contributed by atoms with Crippen molar-refractivity contribution in [1.29, 1.82) is 0 Å². The van der Waals surface area contributed by atoms with Crippen LogP contribution in [-0.4, -0.2) is 19.2 Å². The highest BCUT2D eigenvalue weighted by Crippen LogP contribution is 2.20. The van der Waals surface area contributed by atoms with E-state index in [0.29, 0.717) is 0 Å². The maximum Gasteiger partial charge on any atom is 0.123 e. The van der Waals surface area contributed by atoms with Gasteiger partial charge < -0.3 is 10.1 Å². The first kappa shape index (κ1) is 13.8. The van der Waals surface area contributed by atoms with Gasteiger partial charge in [-0.3, -0.25) is 0 Å². The first-order valence-corrected chi connectivity index (χ1v) is 6.38. The molecule has 0 aliphatic heterocycles. The average molecular weight is 233 g/mol. The van der Waals surface area contributed by atoms with E-state index >= 15 is 0 Å². The zero-order chi connectivity index (χ0) is 12.5. The zero-order valence-corrected chi connectivity index (χ0v) is 10.9. The van der Waals surface area contributed by atoms with Crippen LogP contribution in [-0.2, 0) is 6.42 Å². The third kappa shape index (κ3) is 4.61. The molecule has 1 unspecified atom stereocenters. The molecule has 1 rings (SSSR count). The molecule has 0 fully saturated rings. The predicted octanol–water partition coefficient (Wildman–Crippen LogP) is 3.18. The quantitative estimate of drug-likeness (QED) is 0.696. The number of likely N-dealkylation sites (N-methyl/N-ethyl adjacent to an activating group) is 1. The standard InChI is InChI=1S/C15H23NO/c1-4-9-13-10-7-8-11-15(13)17-14(5-2)12-16-6-3/h4,7-8,10-11,14,16H,1,5-6,9,12H2,2-3H3. The summed E-state index contributed by atoms with van der Waals surface area (Å²) in [6, 6.07) is 8.18. The van der Waals surface area contributed by atoms with Gasteiger partial charge in [-0.2, -0.15) is 0 Å². The molecular weight excluding hydrogens is 210 g/mol. The van der Waals surface area contributed by atoms with E-state index in [2.05, 4.69) is 31.8 Å². The first-order chi connectivity index (χ1) is 8.31. The van der Waals surface area contributed by atoms with Crippen LogP contribution in [0, 0.1) is 0 Å². The van der Waals surface area contributed by atoms with Crippen LogP contribution < -0.4 is 10.1 Å². The highest BCUT2D eigenvalue weighted by atomic mass is 16.5. The highest BCUT2D eigenvalue weighted by Gasteiger charge is 2.09. The molecule has 0 aliphatic rings. The van der Waals surface area contributed by atoms with Gasteiger partial charge >= 0.3 is 0 Å². The van der Waals surface area contributed by atoms with Crippen LogP contribution in [0.3, 0.4) is 0 Å². The smallest absolute Gasteiger partial charge is 0.123 e. The van der Waals surface area contributed by atoms with Gasteiger partial charge in [0.05, 0.1) is 0 Å². The summed E-state index contributed by atoms with van der Waals surface area (Å²) in [6.45, 7) is 9.92. The Bertz CT molecular complexity index is 335. The number of nitrogens with one attached hydrogen (secondary N) is 1. The Labute approximate surface area is 105 Å². The molecule has 1 aromatic rings. The van der Waals surface area contributed by atoms with Crippen molar-refractivity contribution in [2.24, 2.45) is 0 Å². The summed E-state index contributed by atoms with van der Waals surface area (Å²) in [5, 5.41) is 3.33. The van der Waals surface area contributed by atoms with Crippen molar-refractivity contribution in [3.63, 3.8) is 0 Å². The number of ether oxygens (including phenoxy) is 1. The molecule has 1 atom stereocenters. The topological polar surface area (TPSA) is 21.3 Å². The highest BCUT2D eigenvalue weighted by molar-refractivity contribution is 5.34. The molecule has 0 aliphatic carbocycles. The number of rotatable bonds is 8. The van der Waals surface area contributed by atoms with Gasteiger partial charge in [-0.1, -0.05) is 38.1 Å². The van der Waals surface area contributed by atoms with E-state index in [-0.39, 0.29) is 6.10 Å². The summed E-state index contributed by atoms with van der Waals surface area (Å²) >= 11 is 0. The number of para-hydroxylation sites is 1. The van der Waals surface area contributed by atoms with E-state index < -0.39 is 0 Å². The Balaban J connectivity index is 2.67. The second-order valence-electron chi connectivity index (χ2n) is 4.06. The van der Waals surface area contributed by atoms with Gasteiger partial charge in [-0.05, 0) is 31.0 Å². The van der Waals surface area contributed by atoms with Crippen LogP contribution in [0.25, 0.3) is 0 Å². The van der Waals surface area contributed by atoms with Crippen LogP contribution in [0.2, 0.25) is 0 Å². The molecule has 0 saturated heterocycles. The van der Waals surface area contributed by atoms with Gasteiger partial charge in [-0.15, -0.1) is 6.58 Å². The number of hydrogen-bond donors (Lipinski definition) is 1. The molecule has 0 heterocycles. The minimum absolute atomic E-state index is 0.237. The molecule has 2 nitrogen and oxygen atoms in total. The zero-order valence-electron chi connectivity index (χ0n) is 10.9. The van der Waals surface area contributed by atoms with Crippen LogP contribution in [0.15, 0.2) is 36.9 Å². The van der Waals surface area contributed by atoms with Crippen molar-refractivity contribution >= 4 is 0 Å². The van der Waals surface area contributed by atoms with E-state index in [4.69, 9.17) is 4.74 Å². The largest absolute Gasteiger partial charge is 0.489 e. The van der Waals surface area contributed by atoms with Gasteiger partial charge in [0.25, 0.3) is 0 Å². The van der Waals surface area contributed by atoms with E-state index in [9.17, 15) is 0 Å². The number of allylic oxidation sites excluding steroid dienone is 1. The molecular formula is C15H23NO. The summed E-state index contributed by atoms with van der Waals surface area (Å²) in [4.78, 5) is 0. The second-order valence-corrected chi connectivity index (χ2v) is 4.06. The fourth-order valence-corrected chi connectivity index (χ4v) is 1.70. The lowest BCUT2D eigenvalue weighted by Gasteiger charge is -2.19. The Morgan fingerprint density at radius 3 is 2.76 bits per heavy atom. The molecule has 17 heavy (non-hydrogen) atoms. The number of benzene rings is 1. The molecule has 0 radical (unpaired) electrons. The molecule has 94 valence electrons. The van der Waals surface area contributed by atoms with Gasteiger partial charge in [-0.25, -0.2) is 0 Å². The van der Waals surface area contributed by atoms with E-state index in [1.54, 1.807) is 0 Å². The molecule has 0 bridgehead atoms. The Morgan fingerprint density at radius 2 is 2.12 bits per heavy atom. The lowest BCUT2D eigenvalue weighted by molar-refractivity contribution is 0.192. The molecule has 0 aromatic heterocycles. The normalized spacial score (nSPS) is 12.1. The van der Waals surface area contributed by atoms with Crippen molar-refractivity contribution in [3.05, 3.63) is 42.5 Å². The average Bonchev–Trinajstić information content (AvgIpc) is 2.36. The SMILES string of the molecule is C=CCc1ccccc1OC(CC)CNCC. The minimum atomic E-state index is 0.237. The van der Waals surface area contributed by atoms with Crippen LogP contribution in [0.4, 0.5) is 0 Å². The van der Waals surface area contributed by atoms with Crippen molar-refractivity contribution < 1.29 is 4.74 Å². The number of hydrogen-bond acceptors (Lipinski definition) is 2. The fourth-order valence-electron chi connectivity index (χ4n) is 1.70. The summed E-state index contributed by atoms with van der Waals surface area (Å²) in [7, 11) is 0. The van der Waals surface area contributed by atoms with Crippen LogP contribution >= 0.6 is 0 Å². The monoisotopic (exact) mass is 233 g/mol. The van der Waals surface area contributed by atoms with Gasteiger partial charge in [0.1, 0.15) is 11.9 Å². The fraction of sp³-hybridized carbons (Fsp3) is 0.467. The Kier molecular flexibility index (Phi) is 6.41. The minimum Gasteiger partial charge on any atom is -0.489 e. The third-order valence-electron chi connectivity index (χ3n) is 2.71. The maximum absolute atomic E-state index is 6.04. The van der Waals surface area contributed by atoms with Gasteiger partial charge in [0.15, 0.2) is 0 Å². The molecule has 0 saturated carbocycles. The second kappa shape index (κ2) is 7.91. The molecule has 2 heteroatoms. The third-order valence-corrected chi connectivity index (χ3v) is 2.71. The lowest BCUT2D eigenvalue weighted by atomic mass is 10.1. The van der Waals surface area contributed by atoms with Gasteiger partial charge in [0, 0.05) is 6.54 Å². The van der Waals surface area contributed by atoms with Crippen molar-refractivity contribution in [3.8, 4) is 5.75 Å². The Morgan fingerprint density at radius 1 is 1.35 bits per heavy atom. The summed E-state index contributed by atoms with van der Waals surface area (Å²) in [5.74, 6) is 0.983. The van der Waals surface area contributed by atoms with Gasteiger partial charge in [0.2, 0.25) is 0 Å². The van der Waals surface area contributed by atoms with Crippen molar-refractivity contribution in [2.75, 3.05) is 13.1 Å². The summed E-state index contributed by atoms with van der Waals surface area (Å²) in [5.41, 5.74) is 1.21. The van der Waals surface area contributed by atoms with E-state index in [1.165, 1.54) is 5.56 Å².